The van der Waals surface area contributed by atoms with Crippen LogP contribution in [0.3, 0.4) is 0 Å². The molecule has 1 radical (unpaired) electrons. The van der Waals surface area contributed by atoms with Gasteiger partial charge in [0.25, 0.3) is 0 Å². The Bertz CT molecular complexity index is 122. The summed E-state index contributed by atoms with van der Waals surface area (Å²) in [6.07, 6.45) is 3.85. The summed E-state index contributed by atoms with van der Waals surface area (Å²) < 4.78 is 0. The number of ketones is 2. The first-order chi connectivity index (χ1) is 5.20. The minimum absolute atomic E-state index is 0.0362. The van der Waals surface area contributed by atoms with E-state index in [9.17, 15) is 9.59 Å². The van der Waals surface area contributed by atoms with Crippen LogP contribution in [0.1, 0.15) is 39.5 Å². The molecule has 0 atom stereocenters. The van der Waals surface area contributed by atoms with Gasteiger partial charge in [0.05, 0.1) is 6.42 Å². The van der Waals surface area contributed by atoms with Gasteiger partial charge in [-0.15, -0.1) is 0 Å². The van der Waals surface area contributed by atoms with E-state index < -0.39 is 0 Å². The van der Waals surface area contributed by atoms with E-state index in [0.717, 1.165) is 12.8 Å². The Balaban J connectivity index is 3.49. The van der Waals surface area contributed by atoms with Gasteiger partial charge < -0.3 is 0 Å². The van der Waals surface area contributed by atoms with Crippen molar-refractivity contribution in [3.8, 4) is 0 Å². The van der Waals surface area contributed by atoms with Gasteiger partial charge in [0.15, 0.2) is 0 Å². The van der Waals surface area contributed by atoms with Gasteiger partial charge in [-0.05, 0) is 12.8 Å². The average molecular weight is 155 g/mol. The van der Waals surface area contributed by atoms with Crippen LogP contribution in [0.15, 0.2) is 0 Å². The Hall–Kier alpha value is -0.660. The molecule has 0 rings (SSSR count). The molecule has 0 heterocycles. The third kappa shape index (κ3) is 5.77. The van der Waals surface area contributed by atoms with Crippen LogP contribution < -0.4 is 0 Å². The normalized spacial score (nSPS) is 9.64. The second-order valence-corrected chi connectivity index (χ2v) is 2.58. The van der Waals surface area contributed by atoms with Crippen LogP contribution in [0, 0.1) is 6.42 Å². The molecule has 2 heteroatoms. The Morgan fingerprint density at radius 3 is 1.64 bits per heavy atom. The van der Waals surface area contributed by atoms with E-state index in [4.69, 9.17) is 0 Å². The SMILES string of the molecule is CCCC(=O)[CH]C(=O)CCC. The lowest BCUT2D eigenvalue weighted by atomic mass is 10.1. The number of carbonyl (C=O) groups excluding carboxylic acids is 2. The highest BCUT2D eigenvalue weighted by Crippen LogP contribution is 1.98. The molecule has 0 aromatic heterocycles. The summed E-state index contributed by atoms with van der Waals surface area (Å²) in [7, 11) is 0. The lowest BCUT2D eigenvalue weighted by Gasteiger charge is -1.95. The molecule has 0 aliphatic carbocycles. The van der Waals surface area contributed by atoms with E-state index in [2.05, 4.69) is 0 Å². The van der Waals surface area contributed by atoms with Gasteiger partial charge in [-0.25, -0.2) is 0 Å². The summed E-state index contributed by atoms with van der Waals surface area (Å²) in [5.41, 5.74) is 0. The lowest BCUT2D eigenvalue weighted by molar-refractivity contribution is -0.122. The summed E-state index contributed by atoms with van der Waals surface area (Å²) in [5.74, 6) is -0.0723. The fourth-order valence-electron chi connectivity index (χ4n) is 0.817. The molecule has 0 N–H and O–H groups in total. The molecular weight excluding hydrogens is 140 g/mol. The summed E-state index contributed by atoms with van der Waals surface area (Å²) in [5, 5.41) is 0. The fourth-order valence-corrected chi connectivity index (χ4v) is 0.817. The standard InChI is InChI=1S/C9H15O2/c1-3-5-8(10)7-9(11)6-4-2/h7H,3-6H2,1-2H3. The van der Waals surface area contributed by atoms with Crippen molar-refractivity contribution in [2.24, 2.45) is 0 Å². The molecule has 0 fully saturated rings. The Morgan fingerprint density at radius 2 is 1.36 bits per heavy atom. The number of hydrogen-bond donors (Lipinski definition) is 0. The van der Waals surface area contributed by atoms with Gasteiger partial charge in [-0.2, -0.15) is 0 Å². The van der Waals surface area contributed by atoms with E-state index >= 15 is 0 Å². The summed E-state index contributed by atoms with van der Waals surface area (Å²) in [4.78, 5) is 21.7. The summed E-state index contributed by atoms with van der Waals surface area (Å²) >= 11 is 0. The number of Topliss-reactive ketones (excluding diaryl/α,β-unsaturated/α-hetero) is 2. The van der Waals surface area contributed by atoms with E-state index in [1.165, 1.54) is 6.42 Å². The van der Waals surface area contributed by atoms with Crippen molar-refractivity contribution < 1.29 is 9.59 Å². The van der Waals surface area contributed by atoms with Crippen LogP contribution in [0.4, 0.5) is 0 Å². The molecule has 0 spiro atoms. The molecule has 0 bridgehead atoms. The molecule has 63 valence electrons. The van der Waals surface area contributed by atoms with Crippen LogP contribution in [0.2, 0.25) is 0 Å². The number of carbonyl (C=O) groups is 2. The van der Waals surface area contributed by atoms with Crippen molar-refractivity contribution in [2.45, 2.75) is 39.5 Å². The Labute approximate surface area is 68.0 Å². The summed E-state index contributed by atoms with van der Waals surface area (Å²) in [6.45, 7) is 3.85. The van der Waals surface area contributed by atoms with Crippen LogP contribution in [-0.2, 0) is 9.59 Å². The number of rotatable bonds is 6. The topological polar surface area (TPSA) is 34.1 Å². The van der Waals surface area contributed by atoms with Gasteiger partial charge in [0.2, 0.25) is 0 Å². The highest BCUT2D eigenvalue weighted by atomic mass is 16.1. The van der Waals surface area contributed by atoms with Crippen molar-refractivity contribution in [3.63, 3.8) is 0 Å². The first-order valence-electron chi connectivity index (χ1n) is 4.11. The molecule has 0 aliphatic rings. The van der Waals surface area contributed by atoms with Crippen LogP contribution in [-0.4, -0.2) is 11.6 Å². The molecule has 0 amide bonds. The fraction of sp³-hybridized carbons (Fsp3) is 0.667. The van der Waals surface area contributed by atoms with Crippen LogP contribution in [0.5, 0.6) is 0 Å². The second kappa shape index (κ2) is 6.08. The van der Waals surface area contributed by atoms with E-state index in [1.54, 1.807) is 0 Å². The zero-order chi connectivity index (χ0) is 8.69. The van der Waals surface area contributed by atoms with Crippen molar-refractivity contribution in [3.05, 3.63) is 6.42 Å². The molecule has 0 saturated carbocycles. The maximum absolute atomic E-state index is 10.9. The molecule has 0 aliphatic heterocycles. The maximum atomic E-state index is 10.9. The zero-order valence-electron chi connectivity index (χ0n) is 7.22. The van der Waals surface area contributed by atoms with Gasteiger partial charge in [0.1, 0.15) is 11.6 Å². The van der Waals surface area contributed by atoms with Crippen molar-refractivity contribution in [1.29, 1.82) is 0 Å². The smallest absolute Gasteiger partial charge is 0.144 e. The average Bonchev–Trinajstić information content (AvgIpc) is 1.87. The monoisotopic (exact) mass is 155 g/mol. The maximum Gasteiger partial charge on any atom is 0.144 e. The predicted molar refractivity (Wildman–Crippen MR) is 44.1 cm³/mol. The third-order valence-corrected chi connectivity index (χ3v) is 1.31. The Kier molecular flexibility index (Phi) is 5.71. The second-order valence-electron chi connectivity index (χ2n) is 2.58. The third-order valence-electron chi connectivity index (χ3n) is 1.31. The quantitative estimate of drug-likeness (QED) is 0.549. The van der Waals surface area contributed by atoms with Crippen molar-refractivity contribution in [1.82, 2.24) is 0 Å². The summed E-state index contributed by atoms with van der Waals surface area (Å²) in [6, 6.07) is 0. The predicted octanol–water partition coefficient (Wildman–Crippen LogP) is 1.93. The van der Waals surface area contributed by atoms with E-state index in [1.807, 2.05) is 13.8 Å². The van der Waals surface area contributed by atoms with Gasteiger partial charge in [-0.3, -0.25) is 9.59 Å². The number of hydrogen-bond acceptors (Lipinski definition) is 2. The lowest BCUT2D eigenvalue weighted by Crippen LogP contribution is -2.07. The molecule has 0 aromatic rings. The largest absolute Gasteiger partial charge is 0.299 e. The molecule has 0 aromatic carbocycles. The first-order valence-corrected chi connectivity index (χ1v) is 4.11. The molecule has 0 unspecified atom stereocenters. The minimum atomic E-state index is -0.0362. The van der Waals surface area contributed by atoms with E-state index in [0.29, 0.717) is 12.8 Å². The molecule has 2 nitrogen and oxygen atoms in total. The van der Waals surface area contributed by atoms with Crippen molar-refractivity contribution >= 4 is 11.6 Å². The van der Waals surface area contributed by atoms with E-state index in [-0.39, 0.29) is 11.6 Å². The minimum Gasteiger partial charge on any atom is -0.299 e. The van der Waals surface area contributed by atoms with Gasteiger partial charge in [0, 0.05) is 12.8 Å². The van der Waals surface area contributed by atoms with Gasteiger partial charge in [-0.1, -0.05) is 13.8 Å². The van der Waals surface area contributed by atoms with Crippen LogP contribution in [0.25, 0.3) is 0 Å². The van der Waals surface area contributed by atoms with Gasteiger partial charge >= 0.3 is 0 Å². The molecule has 11 heavy (non-hydrogen) atoms. The van der Waals surface area contributed by atoms with Crippen molar-refractivity contribution in [2.75, 3.05) is 0 Å². The molecule has 0 saturated heterocycles. The molecular formula is C9H15O2. The highest BCUT2D eigenvalue weighted by molar-refractivity contribution is 6.10. The first kappa shape index (κ1) is 10.3. The van der Waals surface area contributed by atoms with Crippen LogP contribution >= 0.6 is 0 Å². The zero-order valence-corrected chi connectivity index (χ0v) is 7.22. The highest BCUT2D eigenvalue weighted by Gasteiger charge is 2.07. The Morgan fingerprint density at radius 1 is 1.00 bits per heavy atom.